The Hall–Kier alpha value is -1.46. The van der Waals surface area contributed by atoms with Crippen molar-refractivity contribution >= 4 is 17.2 Å². The van der Waals surface area contributed by atoms with E-state index in [0.717, 1.165) is 24.5 Å². The molecule has 1 N–H and O–H groups in total. The number of hydrogen-bond donors (Lipinski definition) is 1. The zero-order valence-electron chi connectivity index (χ0n) is 10.6. The van der Waals surface area contributed by atoms with E-state index in [1.54, 1.807) is 11.3 Å². The first kappa shape index (κ1) is 13.0. The molecule has 2 heterocycles. The summed E-state index contributed by atoms with van der Waals surface area (Å²) in [4.78, 5) is 3.17. The monoisotopic (exact) mass is 263 g/mol. The van der Waals surface area contributed by atoms with Crippen LogP contribution < -0.4 is 4.90 Å². The Balaban J connectivity index is 2.13. The second-order valence-electron chi connectivity index (χ2n) is 4.21. The smallest absolute Gasteiger partial charge is 0.151 e. The fourth-order valence-corrected chi connectivity index (χ4v) is 2.60. The molecule has 0 aromatic carbocycles. The molecule has 0 saturated carbocycles. The summed E-state index contributed by atoms with van der Waals surface area (Å²) in [5.74, 6) is 0.835. The number of hydrogen-bond acceptors (Lipinski definition) is 5. The van der Waals surface area contributed by atoms with Crippen molar-refractivity contribution < 1.29 is 5.11 Å². The summed E-state index contributed by atoms with van der Waals surface area (Å²) in [6.45, 7) is 3.06. The summed E-state index contributed by atoms with van der Waals surface area (Å²) < 4.78 is 0. The highest BCUT2D eigenvalue weighted by molar-refractivity contribution is 7.13. The van der Waals surface area contributed by atoms with Crippen LogP contribution in [0.5, 0.6) is 0 Å². The Bertz CT molecular complexity index is 495. The number of aryl methyl sites for hydroxylation is 1. The second-order valence-corrected chi connectivity index (χ2v) is 5.12. The highest BCUT2D eigenvalue weighted by Gasteiger charge is 2.07. The number of aliphatic hydroxyl groups excluding tert-OH is 1. The predicted octanol–water partition coefficient (Wildman–Crippen LogP) is 2.33. The molecule has 0 fully saturated rings. The number of rotatable bonds is 5. The van der Waals surface area contributed by atoms with Gasteiger partial charge < -0.3 is 10.0 Å². The molecule has 0 atom stereocenters. The minimum atomic E-state index is 0.199. The van der Waals surface area contributed by atoms with Gasteiger partial charge in [-0.1, -0.05) is 0 Å². The third-order valence-electron chi connectivity index (χ3n) is 2.79. The van der Waals surface area contributed by atoms with E-state index in [9.17, 15) is 0 Å². The van der Waals surface area contributed by atoms with Crippen molar-refractivity contribution in [3.63, 3.8) is 0 Å². The normalized spacial score (nSPS) is 10.6. The summed E-state index contributed by atoms with van der Waals surface area (Å²) in [7, 11) is 1.95. The van der Waals surface area contributed by atoms with Crippen molar-refractivity contribution in [2.45, 2.75) is 13.3 Å². The van der Waals surface area contributed by atoms with E-state index < -0.39 is 0 Å². The van der Waals surface area contributed by atoms with E-state index in [1.807, 2.05) is 24.1 Å². The molecule has 2 aromatic rings. The summed E-state index contributed by atoms with van der Waals surface area (Å²) in [6, 6.07) is 6.05. The van der Waals surface area contributed by atoms with E-state index in [4.69, 9.17) is 5.11 Å². The standard InChI is InChI=1S/C13H17N3OS/c1-10-6-9-18-13(10)11-4-5-12(15-14-11)16(2)7-3-8-17/h4-6,9,17H,3,7-8H2,1-2H3. The summed E-state index contributed by atoms with van der Waals surface area (Å²) in [5.41, 5.74) is 2.15. The van der Waals surface area contributed by atoms with Gasteiger partial charge in [-0.15, -0.1) is 21.5 Å². The maximum atomic E-state index is 8.80. The van der Waals surface area contributed by atoms with Crippen LogP contribution in [0.25, 0.3) is 10.6 Å². The van der Waals surface area contributed by atoms with Gasteiger partial charge >= 0.3 is 0 Å². The van der Waals surface area contributed by atoms with E-state index >= 15 is 0 Å². The van der Waals surface area contributed by atoms with Crippen LogP contribution >= 0.6 is 11.3 Å². The predicted molar refractivity (Wildman–Crippen MR) is 75.1 cm³/mol. The van der Waals surface area contributed by atoms with Crippen molar-refractivity contribution in [2.75, 3.05) is 25.1 Å². The van der Waals surface area contributed by atoms with Gasteiger partial charge in [0.15, 0.2) is 5.82 Å². The molecular formula is C13H17N3OS. The summed E-state index contributed by atoms with van der Waals surface area (Å²) in [6.07, 6.45) is 0.740. The molecule has 0 radical (unpaired) electrons. The third kappa shape index (κ3) is 2.86. The molecule has 0 bridgehead atoms. The molecule has 0 spiro atoms. The molecule has 0 unspecified atom stereocenters. The first-order chi connectivity index (χ1) is 8.72. The van der Waals surface area contributed by atoms with Crippen LogP contribution in [-0.4, -0.2) is 35.5 Å². The van der Waals surface area contributed by atoms with Gasteiger partial charge in [-0.2, -0.15) is 0 Å². The lowest BCUT2D eigenvalue weighted by molar-refractivity contribution is 0.290. The fraction of sp³-hybridized carbons (Fsp3) is 0.385. The molecule has 0 aliphatic heterocycles. The molecule has 96 valence electrons. The van der Waals surface area contributed by atoms with Gasteiger partial charge in [0, 0.05) is 20.2 Å². The highest BCUT2D eigenvalue weighted by atomic mass is 32.1. The van der Waals surface area contributed by atoms with Gasteiger partial charge in [0.05, 0.1) is 4.88 Å². The molecule has 2 rings (SSSR count). The fourth-order valence-electron chi connectivity index (χ4n) is 1.71. The zero-order valence-corrected chi connectivity index (χ0v) is 11.4. The molecule has 0 amide bonds. The van der Waals surface area contributed by atoms with Crippen LogP contribution in [0.4, 0.5) is 5.82 Å². The van der Waals surface area contributed by atoms with Gasteiger partial charge in [0.1, 0.15) is 5.69 Å². The summed E-state index contributed by atoms with van der Waals surface area (Å²) >= 11 is 1.68. The van der Waals surface area contributed by atoms with Gasteiger partial charge in [-0.05, 0) is 42.5 Å². The van der Waals surface area contributed by atoms with E-state index in [1.165, 1.54) is 10.4 Å². The minimum absolute atomic E-state index is 0.199. The SMILES string of the molecule is Cc1ccsc1-c1ccc(N(C)CCCO)nn1. The summed E-state index contributed by atoms with van der Waals surface area (Å²) in [5, 5.41) is 19.4. The van der Waals surface area contributed by atoms with E-state index in [2.05, 4.69) is 28.6 Å². The Morgan fingerprint density at radius 1 is 1.28 bits per heavy atom. The molecule has 0 aliphatic rings. The minimum Gasteiger partial charge on any atom is -0.396 e. The van der Waals surface area contributed by atoms with Crippen molar-refractivity contribution in [3.8, 4) is 10.6 Å². The molecule has 4 nitrogen and oxygen atoms in total. The Labute approximate surface area is 111 Å². The Morgan fingerprint density at radius 2 is 2.11 bits per heavy atom. The number of thiophene rings is 1. The highest BCUT2D eigenvalue weighted by Crippen LogP contribution is 2.27. The van der Waals surface area contributed by atoms with Crippen LogP contribution in [-0.2, 0) is 0 Å². The van der Waals surface area contributed by atoms with Crippen LogP contribution in [0.15, 0.2) is 23.6 Å². The van der Waals surface area contributed by atoms with E-state index in [-0.39, 0.29) is 6.61 Å². The van der Waals surface area contributed by atoms with Gasteiger partial charge in [0.25, 0.3) is 0 Å². The van der Waals surface area contributed by atoms with Crippen molar-refractivity contribution in [1.82, 2.24) is 10.2 Å². The van der Waals surface area contributed by atoms with Crippen LogP contribution in [0.2, 0.25) is 0 Å². The second kappa shape index (κ2) is 5.93. The number of aromatic nitrogens is 2. The van der Waals surface area contributed by atoms with E-state index in [0.29, 0.717) is 0 Å². The number of anilines is 1. The number of nitrogens with zero attached hydrogens (tertiary/aromatic N) is 3. The maximum absolute atomic E-state index is 8.80. The Kier molecular flexibility index (Phi) is 4.28. The lowest BCUT2D eigenvalue weighted by Crippen LogP contribution is -2.20. The molecular weight excluding hydrogens is 246 g/mol. The lowest BCUT2D eigenvalue weighted by atomic mass is 10.2. The number of aliphatic hydroxyl groups is 1. The van der Waals surface area contributed by atoms with Gasteiger partial charge in [-0.3, -0.25) is 0 Å². The molecule has 0 aliphatic carbocycles. The van der Waals surface area contributed by atoms with Gasteiger partial charge in [0.2, 0.25) is 0 Å². The van der Waals surface area contributed by atoms with Crippen molar-refractivity contribution in [2.24, 2.45) is 0 Å². The van der Waals surface area contributed by atoms with Gasteiger partial charge in [-0.25, -0.2) is 0 Å². The van der Waals surface area contributed by atoms with Crippen molar-refractivity contribution in [3.05, 3.63) is 29.1 Å². The lowest BCUT2D eigenvalue weighted by Gasteiger charge is -2.16. The molecule has 2 aromatic heterocycles. The average Bonchev–Trinajstić information content (AvgIpc) is 2.82. The zero-order chi connectivity index (χ0) is 13.0. The molecule has 18 heavy (non-hydrogen) atoms. The van der Waals surface area contributed by atoms with Crippen LogP contribution in [0.3, 0.4) is 0 Å². The molecule has 5 heteroatoms. The quantitative estimate of drug-likeness (QED) is 0.899. The topological polar surface area (TPSA) is 49.2 Å². The van der Waals surface area contributed by atoms with Crippen LogP contribution in [0.1, 0.15) is 12.0 Å². The Morgan fingerprint density at radius 3 is 2.67 bits per heavy atom. The largest absolute Gasteiger partial charge is 0.396 e. The van der Waals surface area contributed by atoms with Crippen molar-refractivity contribution in [1.29, 1.82) is 0 Å². The van der Waals surface area contributed by atoms with Crippen LogP contribution in [0, 0.1) is 6.92 Å². The third-order valence-corrected chi connectivity index (χ3v) is 3.83. The molecule has 0 saturated heterocycles. The first-order valence-electron chi connectivity index (χ1n) is 5.92. The average molecular weight is 263 g/mol. The first-order valence-corrected chi connectivity index (χ1v) is 6.80. The maximum Gasteiger partial charge on any atom is 0.151 e.